The Labute approximate surface area is 409 Å². The second-order valence-electron chi connectivity index (χ2n) is 19.0. The molecule has 2 heterocycles. The van der Waals surface area contributed by atoms with Crippen molar-refractivity contribution in [1.82, 2.24) is 4.90 Å². The topological polar surface area (TPSA) is 192 Å². The molecule has 0 bridgehead atoms. The number of oxime groups is 1. The van der Waals surface area contributed by atoms with Crippen molar-refractivity contribution >= 4 is 17.3 Å². The number of fused-ring (bicyclic) bond motifs is 2. The number of non-ortho nitro benzene ring substituents is 1. The first-order valence-corrected chi connectivity index (χ1v) is 26.0. The summed E-state index contributed by atoms with van der Waals surface area (Å²) in [6, 6.07) is 11.0. The monoisotopic (exact) mass is 962 g/mol. The number of ether oxygens (including phenoxy) is 5. The molecular weight excluding hydrogens is 883 g/mol. The fraction of sp³-hybridized carbons (Fsp3) is 0.667. The number of nitro groups is 1. The van der Waals surface area contributed by atoms with E-state index in [1.54, 1.807) is 24.3 Å². The van der Waals surface area contributed by atoms with Crippen LogP contribution in [0, 0.1) is 27.9 Å². The summed E-state index contributed by atoms with van der Waals surface area (Å²) < 4.78 is 32.9. The van der Waals surface area contributed by atoms with Crippen LogP contribution >= 0.6 is 0 Å². The number of amides is 1. The van der Waals surface area contributed by atoms with Gasteiger partial charge in [0.05, 0.1) is 55.7 Å². The van der Waals surface area contributed by atoms with Crippen LogP contribution in [-0.4, -0.2) is 108 Å². The lowest BCUT2D eigenvalue weighted by atomic mass is 9.55. The molecule has 15 nitrogen and oxygen atoms in total. The van der Waals surface area contributed by atoms with Gasteiger partial charge in [-0.05, 0) is 86.6 Å². The molecular formula is C54H79N3O12. The summed E-state index contributed by atoms with van der Waals surface area (Å²) in [5, 5.41) is 46.4. The normalized spacial score (nSPS) is 24.4. The van der Waals surface area contributed by atoms with Crippen molar-refractivity contribution in [2.75, 3.05) is 52.8 Å². The number of hydrogen-bond donors (Lipinski definition) is 3. The highest BCUT2D eigenvalue weighted by molar-refractivity contribution is 6.03. The summed E-state index contributed by atoms with van der Waals surface area (Å²) in [7, 11) is 0. The predicted molar refractivity (Wildman–Crippen MR) is 264 cm³/mol. The highest BCUT2D eigenvalue weighted by Gasteiger charge is 2.65. The Hall–Kier alpha value is -4.38. The van der Waals surface area contributed by atoms with Crippen molar-refractivity contribution in [1.29, 1.82) is 0 Å². The van der Waals surface area contributed by atoms with Gasteiger partial charge >= 0.3 is 0 Å². The van der Waals surface area contributed by atoms with Gasteiger partial charge in [0.15, 0.2) is 0 Å². The molecule has 1 amide bonds. The summed E-state index contributed by atoms with van der Waals surface area (Å²) in [5.41, 5.74) is 2.36. The summed E-state index contributed by atoms with van der Waals surface area (Å²) in [6.45, 7) is 7.48. The maximum absolute atomic E-state index is 15.0. The van der Waals surface area contributed by atoms with Crippen molar-refractivity contribution in [2.24, 2.45) is 22.9 Å². The summed E-state index contributed by atoms with van der Waals surface area (Å²) in [4.78, 5) is 34.5. The zero-order valence-electron chi connectivity index (χ0n) is 41.0. The molecule has 1 saturated carbocycles. The van der Waals surface area contributed by atoms with Crippen LogP contribution in [0.5, 0.6) is 17.2 Å². The van der Waals surface area contributed by atoms with E-state index in [9.17, 15) is 25.4 Å². The van der Waals surface area contributed by atoms with Gasteiger partial charge in [-0.1, -0.05) is 94.5 Å². The van der Waals surface area contributed by atoms with E-state index in [-0.39, 0.29) is 82.0 Å². The Morgan fingerprint density at radius 2 is 1.68 bits per heavy atom. The van der Waals surface area contributed by atoms with E-state index in [1.807, 2.05) is 17.0 Å². The van der Waals surface area contributed by atoms with Crippen LogP contribution in [0.4, 0.5) is 5.69 Å². The SMILES string of the molecule is C=CCOC12Oc3ccc(Oc4cccc([N+](=O)[O-])c4)cc3C3C(CCCCO)C(CCCCO)C=C(C(=NOC4CCCCO4)CC1N(CCOCCO)C(=O)CCCCCCCCCCC)C32. The Kier molecular flexibility index (Phi) is 22.3. The number of aliphatic hydroxyl groups is 3. The minimum Gasteiger partial charge on any atom is -0.459 e. The van der Waals surface area contributed by atoms with Crippen molar-refractivity contribution < 1.29 is 53.6 Å². The molecule has 2 aliphatic carbocycles. The summed E-state index contributed by atoms with van der Waals surface area (Å²) in [6.07, 6.45) is 21.0. The average Bonchev–Trinajstić information content (AvgIpc) is 3.36. The molecule has 2 aliphatic heterocycles. The molecule has 7 atom stereocenters. The molecule has 0 aromatic heterocycles. The largest absolute Gasteiger partial charge is 0.459 e. The third-order valence-corrected chi connectivity index (χ3v) is 14.2. The fourth-order valence-corrected chi connectivity index (χ4v) is 10.9. The summed E-state index contributed by atoms with van der Waals surface area (Å²) in [5.74, 6) is -1.01. The minimum atomic E-state index is -1.46. The Morgan fingerprint density at radius 3 is 2.39 bits per heavy atom. The standard InChI is InChI=1S/C54H79N3O12/c1-3-5-6-7-8-9-10-11-12-24-50(61)56(28-34-64-35-31-60)49-39-47(55-69-51-25-15-18-33-65-51)45-36-40(20-13-16-29-58)44(23-14-17-30-59)52-46-38-43(67-42-22-19-21-41(37-42)57(62)63)26-27-48(46)68-54(49,53(45)52)66-32-4-2/h4,19,21-22,26-27,36-38,40,44,49,51-53,58-60H,2-3,5-18,20,23-25,28-35,39H2,1H3. The van der Waals surface area contributed by atoms with Crippen LogP contribution in [0.2, 0.25) is 0 Å². The summed E-state index contributed by atoms with van der Waals surface area (Å²) >= 11 is 0. The second-order valence-corrected chi connectivity index (χ2v) is 19.0. The maximum Gasteiger partial charge on any atom is 0.273 e. The van der Waals surface area contributed by atoms with Gasteiger partial charge in [0.25, 0.3) is 5.69 Å². The van der Waals surface area contributed by atoms with Crippen LogP contribution < -0.4 is 9.47 Å². The van der Waals surface area contributed by atoms with Crippen molar-refractivity contribution in [3.05, 3.63) is 82.4 Å². The average molecular weight is 962 g/mol. The molecule has 2 aromatic carbocycles. The molecule has 4 aliphatic rings. The van der Waals surface area contributed by atoms with Crippen molar-refractivity contribution in [3.8, 4) is 17.2 Å². The van der Waals surface area contributed by atoms with E-state index in [0.29, 0.717) is 55.3 Å². The fourth-order valence-electron chi connectivity index (χ4n) is 10.9. The van der Waals surface area contributed by atoms with Crippen LogP contribution in [0.1, 0.15) is 147 Å². The molecule has 2 aromatic rings. The van der Waals surface area contributed by atoms with E-state index < -0.39 is 29.0 Å². The molecule has 3 N–H and O–H groups in total. The molecule has 1 saturated heterocycles. The number of rotatable bonds is 32. The molecule has 0 radical (unpaired) electrons. The highest BCUT2D eigenvalue weighted by atomic mass is 16.8. The number of carbonyl (C=O) groups is 1. The van der Waals surface area contributed by atoms with Crippen LogP contribution in [0.15, 0.2) is 71.9 Å². The van der Waals surface area contributed by atoms with E-state index in [0.717, 1.165) is 75.3 Å². The Balaban J connectivity index is 1.49. The second kappa shape index (κ2) is 28.5. The maximum atomic E-state index is 15.0. The zero-order valence-corrected chi connectivity index (χ0v) is 41.0. The number of unbranched alkanes of at least 4 members (excludes halogenated alkanes) is 10. The van der Waals surface area contributed by atoms with Crippen LogP contribution in [0.3, 0.4) is 0 Å². The number of nitrogens with zero attached hydrogens (tertiary/aromatic N) is 3. The first kappa shape index (κ1) is 54.0. The van der Waals surface area contributed by atoms with Gasteiger partial charge < -0.3 is 48.7 Å². The van der Waals surface area contributed by atoms with Crippen LogP contribution in [-0.2, 0) is 23.8 Å². The number of aliphatic hydroxyl groups excluding tert-OH is 3. The number of hydrogen-bond acceptors (Lipinski definition) is 13. The molecule has 382 valence electrons. The molecule has 2 fully saturated rings. The lowest BCUT2D eigenvalue weighted by molar-refractivity contribution is -0.384. The Bertz CT molecular complexity index is 1970. The first-order chi connectivity index (χ1) is 33.8. The molecule has 6 rings (SSSR count). The van der Waals surface area contributed by atoms with Gasteiger partial charge in [-0.15, -0.1) is 6.58 Å². The number of carbonyl (C=O) groups excluding carboxylic acids is 1. The van der Waals surface area contributed by atoms with E-state index >= 15 is 4.79 Å². The van der Waals surface area contributed by atoms with Gasteiger partial charge in [0, 0.05) is 56.6 Å². The van der Waals surface area contributed by atoms with Crippen molar-refractivity contribution in [2.45, 2.75) is 159 Å². The number of nitro benzene ring substituents is 1. The van der Waals surface area contributed by atoms with E-state index in [1.165, 1.54) is 44.2 Å². The molecule has 7 unspecified atom stereocenters. The van der Waals surface area contributed by atoms with Gasteiger partial charge in [-0.3, -0.25) is 14.9 Å². The van der Waals surface area contributed by atoms with Gasteiger partial charge in [0.2, 0.25) is 18.0 Å². The van der Waals surface area contributed by atoms with Crippen molar-refractivity contribution in [3.63, 3.8) is 0 Å². The van der Waals surface area contributed by atoms with Crippen LogP contribution in [0.25, 0.3) is 0 Å². The zero-order chi connectivity index (χ0) is 48.9. The van der Waals surface area contributed by atoms with E-state index in [2.05, 4.69) is 19.6 Å². The number of allylic oxidation sites excluding steroid dienone is 1. The minimum absolute atomic E-state index is 0.0137. The van der Waals surface area contributed by atoms with Gasteiger partial charge in [-0.25, -0.2) is 0 Å². The van der Waals surface area contributed by atoms with Gasteiger partial charge in [-0.2, -0.15) is 0 Å². The third kappa shape index (κ3) is 14.6. The predicted octanol–water partition coefficient (Wildman–Crippen LogP) is 10.3. The third-order valence-electron chi connectivity index (χ3n) is 14.2. The lowest BCUT2D eigenvalue weighted by Crippen LogP contribution is -2.70. The first-order valence-electron chi connectivity index (χ1n) is 26.0. The molecule has 69 heavy (non-hydrogen) atoms. The van der Waals surface area contributed by atoms with E-state index in [4.69, 9.17) is 33.7 Å². The molecule has 15 heteroatoms. The smallest absolute Gasteiger partial charge is 0.273 e. The van der Waals surface area contributed by atoms with Gasteiger partial charge in [0.1, 0.15) is 23.3 Å². The molecule has 0 spiro atoms. The lowest BCUT2D eigenvalue weighted by Gasteiger charge is -2.60. The number of benzene rings is 2. The quantitative estimate of drug-likeness (QED) is 0.0273. The highest BCUT2D eigenvalue weighted by Crippen LogP contribution is 2.62. The Morgan fingerprint density at radius 1 is 0.928 bits per heavy atom.